The van der Waals surface area contributed by atoms with Gasteiger partial charge in [-0.05, 0) is 37.1 Å². The van der Waals surface area contributed by atoms with Gasteiger partial charge in [-0.25, -0.2) is 4.79 Å². The molecular weight excluding hydrogens is 292 g/mol. The first-order chi connectivity index (χ1) is 10.9. The standard InChI is InChI=1S/C18H20N2O3/c1-4-11-5-6-14-12(7-11)13(17(21)20-14)8-15-9(2)16(18(22)23)10(3)19-15/h5-9,15,19H,4H2,1-3H3,(H,20,21)(H,22,23)/b13-8-. The first kappa shape index (κ1) is 15.3. The number of aryl methyl sites for hydroxylation is 1. The number of carboxylic acid groups (broad SMARTS) is 1. The molecular formula is C18H20N2O3. The fourth-order valence-corrected chi connectivity index (χ4v) is 3.32. The van der Waals surface area contributed by atoms with E-state index in [9.17, 15) is 14.7 Å². The fourth-order valence-electron chi connectivity index (χ4n) is 3.32. The number of nitrogens with one attached hydrogen (secondary N) is 2. The fraction of sp³-hybridized carbons (Fsp3) is 0.333. The lowest BCUT2D eigenvalue weighted by atomic mass is 9.93. The predicted molar refractivity (Wildman–Crippen MR) is 88.9 cm³/mol. The molecule has 2 aliphatic heterocycles. The van der Waals surface area contributed by atoms with E-state index >= 15 is 0 Å². The topological polar surface area (TPSA) is 78.4 Å². The summed E-state index contributed by atoms with van der Waals surface area (Å²) in [7, 11) is 0. The number of anilines is 1. The first-order valence-corrected chi connectivity index (χ1v) is 7.79. The summed E-state index contributed by atoms with van der Waals surface area (Å²) in [6.45, 7) is 5.70. The van der Waals surface area contributed by atoms with E-state index in [4.69, 9.17) is 0 Å². The molecule has 23 heavy (non-hydrogen) atoms. The molecule has 2 aliphatic rings. The molecule has 1 aromatic rings. The summed E-state index contributed by atoms with van der Waals surface area (Å²) in [6, 6.07) is 5.76. The average molecular weight is 312 g/mol. The van der Waals surface area contributed by atoms with Crippen LogP contribution in [0.2, 0.25) is 0 Å². The quantitative estimate of drug-likeness (QED) is 0.750. The number of benzene rings is 1. The van der Waals surface area contributed by atoms with Crippen molar-refractivity contribution in [3.63, 3.8) is 0 Å². The van der Waals surface area contributed by atoms with E-state index in [1.807, 2.05) is 31.2 Å². The molecule has 3 N–H and O–H groups in total. The van der Waals surface area contributed by atoms with Crippen molar-refractivity contribution >= 4 is 23.1 Å². The van der Waals surface area contributed by atoms with Crippen molar-refractivity contribution in [3.8, 4) is 0 Å². The minimum Gasteiger partial charge on any atom is -0.478 e. The van der Waals surface area contributed by atoms with E-state index in [1.165, 1.54) is 5.56 Å². The minimum absolute atomic E-state index is 0.135. The van der Waals surface area contributed by atoms with Crippen LogP contribution >= 0.6 is 0 Å². The molecule has 5 heteroatoms. The molecule has 0 saturated carbocycles. The Kier molecular flexibility index (Phi) is 3.72. The lowest BCUT2D eigenvalue weighted by Gasteiger charge is -2.14. The van der Waals surface area contributed by atoms with Gasteiger partial charge in [0.1, 0.15) is 0 Å². The molecule has 1 amide bonds. The number of carboxylic acids is 1. The summed E-state index contributed by atoms with van der Waals surface area (Å²) in [6.07, 6.45) is 2.75. The number of rotatable bonds is 3. The normalized spacial score (nSPS) is 24.7. The molecule has 0 aliphatic carbocycles. The van der Waals surface area contributed by atoms with Crippen LogP contribution in [0.25, 0.3) is 5.57 Å². The number of hydrogen-bond acceptors (Lipinski definition) is 3. The first-order valence-electron chi connectivity index (χ1n) is 7.79. The largest absolute Gasteiger partial charge is 0.478 e. The second-order valence-corrected chi connectivity index (χ2v) is 6.07. The molecule has 0 radical (unpaired) electrons. The molecule has 2 unspecified atom stereocenters. The number of carbonyl (C=O) groups is 2. The third-order valence-electron chi connectivity index (χ3n) is 4.63. The Morgan fingerprint density at radius 2 is 2.13 bits per heavy atom. The zero-order valence-corrected chi connectivity index (χ0v) is 13.4. The van der Waals surface area contributed by atoms with Crippen molar-refractivity contribution in [2.75, 3.05) is 5.32 Å². The van der Waals surface area contributed by atoms with Crippen LogP contribution in [0.15, 0.2) is 35.5 Å². The Balaban J connectivity index is 1.96. The van der Waals surface area contributed by atoms with Crippen LogP contribution in [0.3, 0.4) is 0 Å². The van der Waals surface area contributed by atoms with Gasteiger partial charge in [-0.1, -0.05) is 19.9 Å². The lowest BCUT2D eigenvalue weighted by molar-refractivity contribution is -0.133. The van der Waals surface area contributed by atoms with Gasteiger partial charge in [0.25, 0.3) is 5.91 Å². The van der Waals surface area contributed by atoms with Gasteiger partial charge in [-0.2, -0.15) is 0 Å². The van der Waals surface area contributed by atoms with E-state index in [2.05, 4.69) is 17.6 Å². The molecule has 0 saturated heterocycles. The van der Waals surface area contributed by atoms with Gasteiger partial charge < -0.3 is 15.7 Å². The number of aliphatic carboxylic acids is 1. The zero-order chi connectivity index (χ0) is 16.7. The Hall–Kier alpha value is -2.56. The molecule has 3 rings (SSSR count). The van der Waals surface area contributed by atoms with E-state index < -0.39 is 5.97 Å². The Bertz CT molecular complexity index is 762. The Morgan fingerprint density at radius 1 is 1.39 bits per heavy atom. The third kappa shape index (κ3) is 2.52. The van der Waals surface area contributed by atoms with Crippen LogP contribution in [-0.4, -0.2) is 23.0 Å². The summed E-state index contributed by atoms with van der Waals surface area (Å²) in [4.78, 5) is 23.6. The maximum atomic E-state index is 12.3. The summed E-state index contributed by atoms with van der Waals surface area (Å²) in [5.41, 5.74) is 4.52. The van der Waals surface area contributed by atoms with Crippen LogP contribution in [0, 0.1) is 5.92 Å². The maximum absolute atomic E-state index is 12.3. The third-order valence-corrected chi connectivity index (χ3v) is 4.63. The van der Waals surface area contributed by atoms with Crippen molar-refractivity contribution in [2.24, 2.45) is 5.92 Å². The molecule has 2 atom stereocenters. The highest BCUT2D eigenvalue weighted by molar-refractivity contribution is 6.31. The summed E-state index contributed by atoms with van der Waals surface area (Å²) in [5.74, 6) is -1.23. The van der Waals surface area contributed by atoms with Gasteiger partial charge in [0, 0.05) is 28.4 Å². The second-order valence-electron chi connectivity index (χ2n) is 6.07. The summed E-state index contributed by atoms with van der Waals surface area (Å²) >= 11 is 0. The molecule has 120 valence electrons. The van der Waals surface area contributed by atoms with Gasteiger partial charge >= 0.3 is 5.97 Å². The van der Waals surface area contributed by atoms with Crippen molar-refractivity contribution < 1.29 is 14.7 Å². The van der Waals surface area contributed by atoms with Gasteiger partial charge in [0.2, 0.25) is 0 Å². The van der Waals surface area contributed by atoms with Crippen molar-refractivity contribution in [3.05, 3.63) is 46.7 Å². The lowest BCUT2D eigenvalue weighted by Crippen LogP contribution is -2.26. The number of amides is 1. The van der Waals surface area contributed by atoms with Crippen molar-refractivity contribution in [1.82, 2.24) is 5.32 Å². The minimum atomic E-state index is -0.909. The molecule has 0 aromatic heterocycles. The number of carbonyl (C=O) groups excluding carboxylic acids is 1. The van der Waals surface area contributed by atoms with E-state index in [-0.39, 0.29) is 17.9 Å². The van der Waals surface area contributed by atoms with Gasteiger partial charge in [0.15, 0.2) is 0 Å². The summed E-state index contributed by atoms with van der Waals surface area (Å²) in [5, 5.41) is 15.4. The van der Waals surface area contributed by atoms with Crippen LogP contribution < -0.4 is 10.6 Å². The van der Waals surface area contributed by atoms with Crippen LogP contribution in [0.4, 0.5) is 5.69 Å². The van der Waals surface area contributed by atoms with Crippen LogP contribution in [0.1, 0.15) is 31.9 Å². The van der Waals surface area contributed by atoms with E-state index in [0.29, 0.717) is 16.8 Å². The monoisotopic (exact) mass is 312 g/mol. The SMILES string of the molecule is CCc1ccc2c(c1)/C(=C/C1NC(C)=C(C(=O)O)C1C)C(=O)N2. The molecule has 0 fully saturated rings. The highest BCUT2D eigenvalue weighted by atomic mass is 16.4. The molecule has 2 heterocycles. The predicted octanol–water partition coefficient (Wildman–Crippen LogP) is 2.55. The average Bonchev–Trinajstić information content (AvgIpc) is 2.96. The van der Waals surface area contributed by atoms with E-state index in [0.717, 1.165) is 17.7 Å². The molecule has 1 aromatic carbocycles. The molecule has 0 spiro atoms. The Labute approximate surface area is 135 Å². The highest BCUT2D eigenvalue weighted by Gasteiger charge is 2.34. The van der Waals surface area contributed by atoms with Crippen LogP contribution in [-0.2, 0) is 16.0 Å². The maximum Gasteiger partial charge on any atom is 0.333 e. The van der Waals surface area contributed by atoms with Gasteiger partial charge in [-0.3, -0.25) is 4.79 Å². The number of hydrogen-bond donors (Lipinski definition) is 3. The summed E-state index contributed by atoms with van der Waals surface area (Å²) < 4.78 is 0. The smallest absolute Gasteiger partial charge is 0.333 e. The number of allylic oxidation sites excluding steroid dienone is 1. The van der Waals surface area contributed by atoms with Gasteiger partial charge in [-0.15, -0.1) is 0 Å². The van der Waals surface area contributed by atoms with E-state index in [1.54, 1.807) is 6.92 Å². The Morgan fingerprint density at radius 3 is 2.74 bits per heavy atom. The number of fused-ring (bicyclic) bond motifs is 1. The zero-order valence-electron chi connectivity index (χ0n) is 13.4. The molecule has 0 bridgehead atoms. The van der Waals surface area contributed by atoms with Gasteiger partial charge in [0.05, 0.1) is 11.6 Å². The second kappa shape index (κ2) is 5.57. The van der Waals surface area contributed by atoms with Crippen molar-refractivity contribution in [2.45, 2.75) is 33.2 Å². The highest BCUT2D eigenvalue weighted by Crippen LogP contribution is 2.35. The van der Waals surface area contributed by atoms with Crippen molar-refractivity contribution in [1.29, 1.82) is 0 Å². The molecule has 5 nitrogen and oxygen atoms in total. The van der Waals surface area contributed by atoms with Crippen LogP contribution in [0.5, 0.6) is 0 Å².